The molecule has 92 valence electrons. The number of nitrogens with two attached hydrogens (primary N) is 1. The normalized spacial score (nSPS) is 25.6. The molecule has 1 unspecified atom stereocenters. The van der Waals surface area contributed by atoms with Crippen LogP contribution in [0.3, 0.4) is 0 Å². The zero-order chi connectivity index (χ0) is 11.6. The molecule has 4 heteroatoms. The van der Waals surface area contributed by atoms with E-state index in [-0.39, 0.29) is 12.5 Å². The minimum atomic E-state index is -1.14. The Kier molecular flexibility index (Phi) is 3.50. The van der Waals surface area contributed by atoms with Gasteiger partial charge < -0.3 is 15.6 Å². The summed E-state index contributed by atoms with van der Waals surface area (Å²) in [5.74, 6) is -0.174. The topological polar surface area (TPSA) is 72.5 Å². The van der Waals surface area contributed by atoms with Crippen LogP contribution in [0.15, 0.2) is 0 Å². The first-order chi connectivity index (χ1) is 7.63. The van der Waals surface area contributed by atoms with Crippen LogP contribution in [0, 0.1) is 11.8 Å². The first-order valence-electron chi connectivity index (χ1n) is 6.23. The van der Waals surface area contributed by atoms with Gasteiger partial charge in [0.05, 0.1) is 6.61 Å². The van der Waals surface area contributed by atoms with Gasteiger partial charge in [-0.1, -0.05) is 12.8 Å². The molecule has 0 aromatic rings. The molecule has 3 N–H and O–H groups in total. The Morgan fingerprint density at radius 2 is 1.94 bits per heavy atom. The molecule has 1 atom stereocenters. The molecule has 0 heterocycles. The van der Waals surface area contributed by atoms with Gasteiger partial charge in [0.2, 0.25) is 0 Å². The highest BCUT2D eigenvalue weighted by atomic mass is 16.5. The summed E-state index contributed by atoms with van der Waals surface area (Å²) in [6.45, 7) is 0.850. The predicted octanol–water partition coefficient (Wildman–Crippen LogP) is 1.39. The number of aliphatic carboxylic acids is 1. The van der Waals surface area contributed by atoms with Gasteiger partial charge in [-0.25, -0.2) is 0 Å². The van der Waals surface area contributed by atoms with Gasteiger partial charge in [0, 0.05) is 6.61 Å². The molecule has 0 aromatic carbocycles. The number of hydrogen-bond donors (Lipinski definition) is 2. The predicted molar refractivity (Wildman–Crippen MR) is 60.1 cm³/mol. The van der Waals surface area contributed by atoms with Crippen LogP contribution in [0.25, 0.3) is 0 Å². The van der Waals surface area contributed by atoms with Crippen molar-refractivity contribution < 1.29 is 14.6 Å². The second-order valence-corrected chi connectivity index (χ2v) is 5.29. The molecule has 0 bridgehead atoms. The number of rotatable bonds is 6. The molecule has 0 spiro atoms. The minimum absolute atomic E-state index is 0.119. The van der Waals surface area contributed by atoms with Crippen LogP contribution >= 0.6 is 0 Å². The maximum Gasteiger partial charge on any atom is 0.326 e. The third kappa shape index (κ3) is 2.55. The van der Waals surface area contributed by atoms with Gasteiger partial charge in [-0.3, -0.25) is 4.79 Å². The summed E-state index contributed by atoms with van der Waals surface area (Å²) in [4.78, 5) is 11.1. The summed E-state index contributed by atoms with van der Waals surface area (Å²) in [6, 6.07) is 0. The van der Waals surface area contributed by atoms with E-state index < -0.39 is 11.5 Å². The monoisotopic (exact) mass is 227 g/mol. The number of ether oxygens (including phenoxy) is 1. The summed E-state index contributed by atoms with van der Waals surface area (Å²) in [7, 11) is 0. The molecule has 2 aliphatic carbocycles. The van der Waals surface area contributed by atoms with Crippen LogP contribution < -0.4 is 5.73 Å². The van der Waals surface area contributed by atoms with E-state index in [1.165, 1.54) is 25.7 Å². The molecule has 2 fully saturated rings. The smallest absolute Gasteiger partial charge is 0.326 e. The Hall–Kier alpha value is -0.610. The van der Waals surface area contributed by atoms with Crippen molar-refractivity contribution in [3.63, 3.8) is 0 Å². The fourth-order valence-electron chi connectivity index (χ4n) is 2.52. The average Bonchev–Trinajstić information content (AvgIpc) is 2.98. The van der Waals surface area contributed by atoms with Crippen molar-refractivity contribution in [2.24, 2.45) is 17.6 Å². The molecule has 0 radical (unpaired) electrons. The van der Waals surface area contributed by atoms with Crippen molar-refractivity contribution in [2.75, 3.05) is 13.2 Å². The standard InChI is InChI=1S/C12H21NO3/c13-12(11(14)15,10-5-6-10)8-16-7-9-3-1-2-4-9/h9-10H,1-8,13H2,(H,14,15). The third-order valence-corrected chi connectivity index (χ3v) is 3.87. The van der Waals surface area contributed by atoms with Crippen LogP contribution in [-0.4, -0.2) is 29.8 Å². The summed E-state index contributed by atoms with van der Waals surface area (Å²) >= 11 is 0. The molecule has 16 heavy (non-hydrogen) atoms. The highest BCUT2D eigenvalue weighted by molar-refractivity contribution is 5.79. The maximum absolute atomic E-state index is 11.1. The Balaban J connectivity index is 1.75. The Morgan fingerprint density at radius 1 is 1.31 bits per heavy atom. The van der Waals surface area contributed by atoms with Crippen LogP contribution in [0.5, 0.6) is 0 Å². The highest BCUT2D eigenvalue weighted by Crippen LogP contribution is 2.38. The fraction of sp³-hybridized carbons (Fsp3) is 0.917. The number of carbonyl (C=O) groups is 1. The maximum atomic E-state index is 11.1. The molecular formula is C12H21NO3. The molecular weight excluding hydrogens is 206 g/mol. The van der Waals surface area contributed by atoms with Crippen molar-refractivity contribution in [1.29, 1.82) is 0 Å². The lowest BCUT2D eigenvalue weighted by molar-refractivity contribution is -0.147. The van der Waals surface area contributed by atoms with Gasteiger partial charge in [-0.05, 0) is 37.5 Å². The van der Waals surface area contributed by atoms with E-state index >= 15 is 0 Å². The van der Waals surface area contributed by atoms with E-state index in [9.17, 15) is 4.79 Å². The van der Waals surface area contributed by atoms with Crippen molar-refractivity contribution >= 4 is 5.97 Å². The first-order valence-corrected chi connectivity index (χ1v) is 6.23. The van der Waals surface area contributed by atoms with Crippen molar-refractivity contribution in [2.45, 2.75) is 44.1 Å². The van der Waals surface area contributed by atoms with Crippen LogP contribution in [0.4, 0.5) is 0 Å². The molecule has 2 rings (SSSR count). The lowest BCUT2D eigenvalue weighted by Gasteiger charge is -2.25. The minimum Gasteiger partial charge on any atom is -0.480 e. The zero-order valence-electron chi connectivity index (χ0n) is 9.65. The Labute approximate surface area is 96.2 Å². The van der Waals surface area contributed by atoms with Gasteiger partial charge in [0.25, 0.3) is 0 Å². The van der Waals surface area contributed by atoms with E-state index in [0.29, 0.717) is 12.5 Å². The highest BCUT2D eigenvalue weighted by Gasteiger charge is 2.48. The van der Waals surface area contributed by atoms with E-state index in [1.807, 2.05) is 0 Å². The fourth-order valence-corrected chi connectivity index (χ4v) is 2.52. The molecule has 0 aliphatic heterocycles. The number of carboxylic acids is 1. The zero-order valence-corrected chi connectivity index (χ0v) is 9.65. The first kappa shape index (κ1) is 11.9. The van der Waals surface area contributed by atoms with Gasteiger partial charge in [0.15, 0.2) is 0 Å². The Morgan fingerprint density at radius 3 is 2.44 bits per heavy atom. The second kappa shape index (κ2) is 4.72. The summed E-state index contributed by atoms with van der Waals surface area (Å²) in [6.07, 6.45) is 6.85. The van der Waals surface area contributed by atoms with Crippen LogP contribution in [0.1, 0.15) is 38.5 Å². The lowest BCUT2D eigenvalue weighted by Crippen LogP contribution is -2.54. The van der Waals surface area contributed by atoms with Crippen molar-refractivity contribution in [1.82, 2.24) is 0 Å². The SMILES string of the molecule is NC(COCC1CCCC1)(C(=O)O)C1CC1. The molecule has 0 aromatic heterocycles. The second-order valence-electron chi connectivity index (χ2n) is 5.29. The average molecular weight is 227 g/mol. The van der Waals surface area contributed by atoms with Crippen LogP contribution in [0.2, 0.25) is 0 Å². The summed E-state index contributed by atoms with van der Waals surface area (Å²) < 4.78 is 5.54. The molecule has 0 amide bonds. The Bertz CT molecular complexity index is 259. The van der Waals surface area contributed by atoms with E-state index in [0.717, 1.165) is 12.8 Å². The lowest BCUT2D eigenvalue weighted by atomic mass is 9.96. The summed E-state index contributed by atoms with van der Waals surface area (Å²) in [5, 5.41) is 9.13. The van der Waals surface area contributed by atoms with E-state index in [1.54, 1.807) is 0 Å². The van der Waals surface area contributed by atoms with E-state index in [2.05, 4.69) is 0 Å². The number of carboxylic acid groups (broad SMARTS) is 1. The quantitative estimate of drug-likeness (QED) is 0.719. The van der Waals surface area contributed by atoms with Gasteiger partial charge >= 0.3 is 5.97 Å². The third-order valence-electron chi connectivity index (χ3n) is 3.87. The number of hydrogen-bond acceptors (Lipinski definition) is 3. The van der Waals surface area contributed by atoms with Crippen molar-refractivity contribution in [3.05, 3.63) is 0 Å². The van der Waals surface area contributed by atoms with Gasteiger partial charge in [-0.2, -0.15) is 0 Å². The van der Waals surface area contributed by atoms with Gasteiger partial charge in [-0.15, -0.1) is 0 Å². The van der Waals surface area contributed by atoms with Crippen molar-refractivity contribution in [3.8, 4) is 0 Å². The molecule has 4 nitrogen and oxygen atoms in total. The molecule has 2 saturated carbocycles. The molecule has 0 saturated heterocycles. The van der Waals surface area contributed by atoms with Crippen LogP contribution in [-0.2, 0) is 9.53 Å². The summed E-state index contributed by atoms with van der Waals surface area (Å²) in [5.41, 5.74) is 4.77. The van der Waals surface area contributed by atoms with E-state index in [4.69, 9.17) is 15.6 Å². The van der Waals surface area contributed by atoms with Gasteiger partial charge in [0.1, 0.15) is 5.54 Å². The largest absolute Gasteiger partial charge is 0.480 e. The molecule has 2 aliphatic rings.